The molecule has 4 rings (SSSR count). The molecule has 2 aromatic carbocycles. The Kier molecular flexibility index (Phi) is 8.80. The molecule has 0 saturated carbocycles. The number of ether oxygens (including phenoxy) is 1. The van der Waals surface area contributed by atoms with Gasteiger partial charge in [0.05, 0.1) is 30.6 Å². The standard InChI is InChI=1S/C28H34ClN5O2/c1-4-20-8-6-7-9-25(20)24(5-2)27-26(29)19-30-28(32-27)31-21-16-22(18-23(17-21)36-3)34-12-10-33(11-13-34)14-15-35/h5-9,16-19,35H,4,10-15H2,1-3H3,(H,30,31,32)/b24-5+. The minimum absolute atomic E-state index is 0.190. The Morgan fingerprint density at radius 1 is 1.17 bits per heavy atom. The van der Waals surface area contributed by atoms with Crippen molar-refractivity contribution in [2.24, 2.45) is 0 Å². The van der Waals surface area contributed by atoms with E-state index >= 15 is 0 Å². The average molecular weight is 508 g/mol. The van der Waals surface area contributed by atoms with Crippen LogP contribution in [0.4, 0.5) is 17.3 Å². The number of piperazine rings is 1. The van der Waals surface area contributed by atoms with E-state index in [2.05, 4.69) is 51.3 Å². The van der Waals surface area contributed by atoms with E-state index in [-0.39, 0.29) is 6.61 Å². The summed E-state index contributed by atoms with van der Waals surface area (Å²) in [5, 5.41) is 13.1. The molecular formula is C28H34ClN5O2. The molecule has 190 valence electrons. The Morgan fingerprint density at radius 3 is 2.64 bits per heavy atom. The van der Waals surface area contributed by atoms with Crippen molar-refractivity contribution < 1.29 is 9.84 Å². The quantitative estimate of drug-likeness (QED) is 0.421. The molecule has 8 heteroatoms. The lowest BCUT2D eigenvalue weighted by Crippen LogP contribution is -2.47. The average Bonchev–Trinajstić information content (AvgIpc) is 2.91. The Balaban J connectivity index is 1.61. The molecule has 1 saturated heterocycles. The monoisotopic (exact) mass is 507 g/mol. The van der Waals surface area contributed by atoms with E-state index in [1.165, 1.54) is 5.56 Å². The Morgan fingerprint density at radius 2 is 1.94 bits per heavy atom. The van der Waals surface area contributed by atoms with Gasteiger partial charge in [0.25, 0.3) is 0 Å². The fourth-order valence-corrected chi connectivity index (χ4v) is 4.78. The van der Waals surface area contributed by atoms with E-state index < -0.39 is 0 Å². The van der Waals surface area contributed by atoms with Gasteiger partial charge >= 0.3 is 0 Å². The first-order valence-electron chi connectivity index (χ1n) is 12.4. The number of methoxy groups -OCH3 is 1. The highest BCUT2D eigenvalue weighted by Gasteiger charge is 2.19. The maximum Gasteiger partial charge on any atom is 0.227 e. The number of aryl methyl sites for hydroxylation is 1. The van der Waals surface area contributed by atoms with Crippen molar-refractivity contribution in [3.8, 4) is 5.75 Å². The van der Waals surface area contributed by atoms with Gasteiger partial charge in [-0.15, -0.1) is 0 Å². The summed E-state index contributed by atoms with van der Waals surface area (Å²) >= 11 is 6.59. The van der Waals surface area contributed by atoms with Crippen molar-refractivity contribution in [2.75, 3.05) is 56.7 Å². The predicted octanol–water partition coefficient (Wildman–Crippen LogP) is 5.01. The summed E-state index contributed by atoms with van der Waals surface area (Å²) in [5.74, 6) is 1.22. The smallest absolute Gasteiger partial charge is 0.227 e. The second-order valence-corrected chi connectivity index (χ2v) is 9.11. The molecule has 1 aliphatic rings. The predicted molar refractivity (Wildman–Crippen MR) is 148 cm³/mol. The molecular weight excluding hydrogens is 474 g/mol. The fourth-order valence-electron chi connectivity index (χ4n) is 4.58. The largest absolute Gasteiger partial charge is 0.497 e. The lowest BCUT2D eigenvalue weighted by atomic mass is 9.95. The zero-order chi connectivity index (χ0) is 25.5. The molecule has 0 radical (unpaired) electrons. The van der Waals surface area contributed by atoms with Crippen LogP contribution in [0.3, 0.4) is 0 Å². The number of hydrogen-bond acceptors (Lipinski definition) is 7. The van der Waals surface area contributed by atoms with Crippen molar-refractivity contribution in [3.63, 3.8) is 0 Å². The maximum atomic E-state index is 9.22. The summed E-state index contributed by atoms with van der Waals surface area (Å²) < 4.78 is 5.58. The van der Waals surface area contributed by atoms with Gasteiger partial charge in [-0.25, -0.2) is 9.97 Å². The third kappa shape index (κ3) is 5.98. The summed E-state index contributed by atoms with van der Waals surface area (Å²) in [4.78, 5) is 13.9. The van der Waals surface area contributed by atoms with Gasteiger partial charge in [0, 0.05) is 61.8 Å². The number of halogens is 1. The molecule has 0 aliphatic carbocycles. The van der Waals surface area contributed by atoms with Crippen LogP contribution in [0.25, 0.3) is 5.57 Å². The van der Waals surface area contributed by atoms with Crippen LogP contribution < -0.4 is 15.0 Å². The summed E-state index contributed by atoms with van der Waals surface area (Å²) in [7, 11) is 1.67. The number of aromatic nitrogens is 2. The highest BCUT2D eigenvalue weighted by molar-refractivity contribution is 6.32. The molecule has 0 unspecified atom stereocenters. The number of hydrogen-bond donors (Lipinski definition) is 2. The van der Waals surface area contributed by atoms with E-state index in [9.17, 15) is 5.11 Å². The van der Waals surface area contributed by atoms with Crippen LogP contribution in [0.15, 0.2) is 54.7 Å². The number of aliphatic hydroxyl groups is 1. The first-order valence-corrected chi connectivity index (χ1v) is 12.8. The first kappa shape index (κ1) is 25.9. The van der Waals surface area contributed by atoms with Crippen molar-refractivity contribution in [1.29, 1.82) is 0 Å². The van der Waals surface area contributed by atoms with Crippen molar-refractivity contribution in [2.45, 2.75) is 20.3 Å². The second kappa shape index (κ2) is 12.2. The van der Waals surface area contributed by atoms with E-state index in [1.807, 2.05) is 31.2 Å². The van der Waals surface area contributed by atoms with Gasteiger partial charge in [-0.1, -0.05) is 48.9 Å². The number of nitrogens with zero attached hydrogens (tertiary/aromatic N) is 4. The van der Waals surface area contributed by atoms with Gasteiger partial charge < -0.3 is 20.1 Å². The van der Waals surface area contributed by atoms with Crippen LogP contribution in [-0.2, 0) is 6.42 Å². The van der Waals surface area contributed by atoms with Gasteiger partial charge in [-0.3, -0.25) is 4.90 Å². The zero-order valence-electron chi connectivity index (χ0n) is 21.2. The topological polar surface area (TPSA) is 73.8 Å². The minimum atomic E-state index is 0.190. The molecule has 3 aromatic rings. The number of allylic oxidation sites excluding steroid dienone is 1. The normalized spacial score (nSPS) is 14.7. The number of nitrogens with one attached hydrogen (secondary N) is 1. The number of anilines is 3. The van der Waals surface area contributed by atoms with E-state index in [0.29, 0.717) is 23.2 Å². The van der Waals surface area contributed by atoms with Crippen LogP contribution in [0, 0.1) is 0 Å². The first-order chi connectivity index (χ1) is 17.6. The van der Waals surface area contributed by atoms with E-state index in [1.54, 1.807) is 13.3 Å². The third-order valence-corrected chi connectivity index (χ3v) is 6.79. The molecule has 1 fully saturated rings. The Labute approximate surface area is 218 Å². The fraction of sp³-hybridized carbons (Fsp3) is 0.357. The van der Waals surface area contributed by atoms with Crippen LogP contribution in [-0.4, -0.2) is 66.4 Å². The third-order valence-electron chi connectivity index (χ3n) is 6.51. The lowest BCUT2D eigenvalue weighted by Gasteiger charge is -2.36. The van der Waals surface area contributed by atoms with Crippen LogP contribution in [0.1, 0.15) is 30.7 Å². The highest BCUT2D eigenvalue weighted by Crippen LogP contribution is 2.32. The SMILES string of the molecule is C/C=C(\c1ccccc1CC)c1nc(Nc2cc(OC)cc(N3CCN(CCO)CC3)c2)ncc1Cl. The lowest BCUT2D eigenvalue weighted by molar-refractivity contribution is 0.189. The van der Waals surface area contributed by atoms with Crippen molar-refractivity contribution in [3.05, 3.63) is 76.6 Å². The molecule has 1 aliphatic heterocycles. The number of rotatable bonds is 9. The van der Waals surface area contributed by atoms with Gasteiger partial charge in [-0.2, -0.15) is 0 Å². The number of β-amino-alcohol motifs (C(OH)–C–C–N with tert-alkyl or cyclic N) is 1. The highest BCUT2D eigenvalue weighted by atomic mass is 35.5. The summed E-state index contributed by atoms with van der Waals surface area (Å²) in [6.07, 6.45) is 4.61. The second-order valence-electron chi connectivity index (χ2n) is 8.70. The van der Waals surface area contributed by atoms with Crippen LogP contribution >= 0.6 is 11.6 Å². The van der Waals surface area contributed by atoms with Gasteiger partial charge in [0.2, 0.25) is 5.95 Å². The molecule has 2 N–H and O–H groups in total. The van der Waals surface area contributed by atoms with Gasteiger partial charge in [0.15, 0.2) is 0 Å². The molecule has 0 atom stereocenters. The number of aliphatic hydroxyl groups excluding tert-OH is 1. The molecule has 7 nitrogen and oxygen atoms in total. The van der Waals surface area contributed by atoms with Gasteiger partial charge in [-0.05, 0) is 30.5 Å². The van der Waals surface area contributed by atoms with Crippen LogP contribution in [0.2, 0.25) is 5.02 Å². The Hall–Kier alpha value is -3.13. The van der Waals surface area contributed by atoms with Crippen LogP contribution in [0.5, 0.6) is 5.75 Å². The maximum absolute atomic E-state index is 9.22. The molecule has 0 amide bonds. The zero-order valence-corrected chi connectivity index (χ0v) is 21.9. The van der Waals surface area contributed by atoms with E-state index in [0.717, 1.165) is 60.9 Å². The molecule has 36 heavy (non-hydrogen) atoms. The number of benzene rings is 2. The van der Waals surface area contributed by atoms with Crippen molar-refractivity contribution >= 4 is 34.5 Å². The molecule has 1 aromatic heterocycles. The van der Waals surface area contributed by atoms with Crippen molar-refractivity contribution in [1.82, 2.24) is 14.9 Å². The molecule has 2 heterocycles. The Bertz CT molecular complexity index is 1210. The summed E-state index contributed by atoms with van der Waals surface area (Å²) in [6, 6.07) is 14.4. The van der Waals surface area contributed by atoms with Gasteiger partial charge in [0.1, 0.15) is 5.75 Å². The summed E-state index contributed by atoms with van der Waals surface area (Å²) in [6.45, 7) is 8.65. The molecule has 0 bridgehead atoms. The minimum Gasteiger partial charge on any atom is -0.497 e. The summed E-state index contributed by atoms with van der Waals surface area (Å²) in [5.41, 5.74) is 5.95. The van der Waals surface area contributed by atoms with E-state index in [4.69, 9.17) is 21.3 Å². The molecule has 0 spiro atoms.